The highest BCUT2D eigenvalue weighted by atomic mass is 32.2. The normalized spacial score (nSPS) is 26.0. The molecule has 1 aromatic heterocycles. The van der Waals surface area contributed by atoms with Gasteiger partial charge in [-0.25, -0.2) is 13.1 Å². The van der Waals surface area contributed by atoms with Gasteiger partial charge in [-0.1, -0.05) is 12.8 Å². The van der Waals surface area contributed by atoms with Crippen LogP contribution in [-0.4, -0.2) is 25.7 Å². The molecule has 0 aromatic carbocycles. The van der Waals surface area contributed by atoms with Crippen molar-refractivity contribution in [3.63, 3.8) is 0 Å². The average Bonchev–Trinajstić information content (AvgIpc) is 2.69. The number of thiophene rings is 1. The molecule has 0 saturated heterocycles. The van der Waals surface area contributed by atoms with Crippen molar-refractivity contribution in [2.45, 2.75) is 49.0 Å². The van der Waals surface area contributed by atoms with Gasteiger partial charge in [0.05, 0.1) is 6.10 Å². The number of aryl methyl sites for hydroxylation is 1. The predicted molar refractivity (Wildman–Crippen MR) is 67.6 cm³/mol. The topological polar surface area (TPSA) is 66.4 Å². The quantitative estimate of drug-likeness (QED) is 0.881. The molecule has 1 aromatic rings. The number of aliphatic hydroxyl groups excluding tert-OH is 1. The van der Waals surface area contributed by atoms with Crippen LogP contribution in [0.5, 0.6) is 0 Å². The molecule has 0 amide bonds. The summed E-state index contributed by atoms with van der Waals surface area (Å²) in [5.74, 6) is 0. The van der Waals surface area contributed by atoms with E-state index in [0.29, 0.717) is 17.1 Å². The zero-order valence-electron chi connectivity index (χ0n) is 9.72. The van der Waals surface area contributed by atoms with Crippen LogP contribution in [0, 0.1) is 6.92 Å². The molecule has 1 aliphatic carbocycles. The summed E-state index contributed by atoms with van der Waals surface area (Å²) < 4.78 is 27.0. The van der Waals surface area contributed by atoms with E-state index in [1.54, 1.807) is 12.1 Å². The molecule has 4 nitrogen and oxygen atoms in total. The standard InChI is InChI=1S/C11H17NO3S2/c1-8-6-7-11(16-8)17(14,15)12-9-4-2-3-5-10(9)13/h6-7,9-10,12-13H,2-5H2,1H3/t9-,10-/m0/s1. The molecular weight excluding hydrogens is 258 g/mol. The molecule has 1 fully saturated rings. The van der Waals surface area contributed by atoms with Gasteiger partial charge in [-0.05, 0) is 31.9 Å². The molecule has 96 valence electrons. The van der Waals surface area contributed by atoms with Crippen molar-refractivity contribution < 1.29 is 13.5 Å². The predicted octanol–water partition coefficient (Wildman–Crippen LogP) is 1.64. The molecule has 0 aliphatic heterocycles. The first-order valence-electron chi connectivity index (χ1n) is 5.76. The lowest BCUT2D eigenvalue weighted by Crippen LogP contribution is -2.44. The SMILES string of the molecule is Cc1ccc(S(=O)(=O)N[C@H]2CCCC[C@@H]2O)s1. The Morgan fingerprint density at radius 3 is 2.65 bits per heavy atom. The molecule has 0 bridgehead atoms. The molecule has 17 heavy (non-hydrogen) atoms. The maximum atomic E-state index is 12.0. The molecule has 2 rings (SSSR count). The van der Waals surface area contributed by atoms with Crippen LogP contribution in [-0.2, 0) is 10.0 Å². The largest absolute Gasteiger partial charge is 0.391 e. The molecule has 0 unspecified atom stereocenters. The van der Waals surface area contributed by atoms with Crippen LogP contribution in [0.1, 0.15) is 30.6 Å². The van der Waals surface area contributed by atoms with Gasteiger partial charge in [-0.2, -0.15) is 0 Å². The first-order valence-corrected chi connectivity index (χ1v) is 8.06. The molecule has 0 radical (unpaired) electrons. The number of hydrogen-bond acceptors (Lipinski definition) is 4. The fourth-order valence-electron chi connectivity index (χ4n) is 2.06. The van der Waals surface area contributed by atoms with Crippen molar-refractivity contribution in [3.05, 3.63) is 17.0 Å². The van der Waals surface area contributed by atoms with Crippen LogP contribution in [0.15, 0.2) is 16.3 Å². The van der Waals surface area contributed by atoms with Gasteiger partial charge in [0.15, 0.2) is 0 Å². The highest BCUT2D eigenvalue weighted by Gasteiger charge is 2.28. The first kappa shape index (κ1) is 13.0. The van der Waals surface area contributed by atoms with Crippen molar-refractivity contribution >= 4 is 21.4 Å². The van der Waals surface area contributed by atoms with Crippen LogP contribution >= 0.6 is 11.3 Å². The highest BCUT2D eigenvalue weighted by molar-refractivity contribution is 7.91. The summed E-state index contributed by atoms with van der Waals surface area (Å²) in [5, 5.41) is 9.76. The molecule has 0 spiro atoms. The minimum atomic E-state index is -3.46. The van der Waals surface area contributed by atoms with Crippen LogP contribution in [0.25, 0.3) is 0 Å². The Hall–Kier alpha value is -0.430. The van der Waals surface area contributed by atoms with Crippen molar-refractivity contribution in [1.29, 1.82) is 0 Å². The molecular formula is C11H17NO3S2. The number of aliphatic hydroxyl groups is 1. The number of hydrogen-bond donors (Lipinski definition) is 2. The van der Waals surface area contributed by atoms with E-state index in [0.717, 1.165) is 17.7 Å². The van der Waals surface area contributed by atoms with Gasteiger partial charge < -0.3 is 5.11 Å². The van der Waals surface area contributed by atoms with Gasteiger partial charge in [0.2, 0.25) is 10.0 Å². The zero-order chi connectivity index (χ0) is 12.5. The maximum Gasteiger partial charge on any atom is 0.250 e. The maximum absolute atomic E-state index is 12.0. The lowest BCUT2D eigenvalue weighted by Gasteiger charge is -2.27. The van der Waals surface area contributed by atoms with Crippen molar-refractivity contribution in [3.8, 4) is 0 Å². The summed E-state index contributed by atoms with van der Waals surface area (Å²) in [7, 11) is -3.46. The van der Waals surface area contributed by atoms with Gasteiger partial charge in [-0.15, -0.1) is 11.3 Å². The van der Waals surface area contributed by atoms with Crippen LogP contribution in [0.2, 0.25) is 0 Å². The van der Waals surface area contributed by atoms with E-state index in [4.69, 9.17) is 0 Å². The third-order valence-electron chi connectivity index (χ3n) is 3.02. The minimum Gasteiger partial charge on any atom is -0.391 e. The lowest BCUT2D eigenvalue weighted by atomic mass is 9.93. The van der Waals surface area contributed by atoms with E-state index in [1.807, 2.05) is 6.92 Å². The second-order valence-electron chi connectivity index (χ2n) is 4.44. The Balaban J connectivity index is 2.11. The summed E-state index contributed by atoms with van der Waals surface area (Å²) in [6.45, 7) is 1.87. The summed E-state index contributed by atoms with van der Waals surface area (Å²) >= 11 is 1.25. The van der Waals surface area contributed by atoms with Gasteiger partial charge in [-0.3, -0.25) is 0 Å². The van der Waals surface area contributed by atoms with Crippen molar-refractivity contribution in [2.75, 3.05) is 0 Å². The molecule has 1 saturated carbocycles. The molecule has 2 atom stereocenters. The average molecular weight is 275 g/mol. The van der Waals surface area contributed by atoms with Gasteiger partial charge in [0, 0.05) is 10.9 Å². The second-order valence-corrected chi connectivity index (χ2v) is 7.67. The van der Waals surface area contributed by atoms with E-state index >= 15 is 0 Å². The summed E-state index contributed by atoms with van der Waals surface area (Å²) in [4.78, 5) is 0.967. The molecule has 6 heteroatoms. The summed E-state index contributed by atoms with van der Waals surface area (Å²) in [5.41, 5.74) is 0. The summed E-state index contributed by atoms with van der Waals surface area (Å²) in [6, 6.07) is 3.06. The van der Waals surface area contributed by atoms with E-state index in [1.165, 1.54) is 11.3 Å². The van der Waals surface area contributed by atoms with Crippen LogP contribution < -0.4 is 4.72 Å². The van der Waals surface area contributed by atoms with E-state index in [-0.39, 0.29) is 6.04 Å². The van der Waals surface area contributed by atoms with Crippen molar-refractivity contribution in [2.24, 2.45) is 0 Å². The van der Waals surface area contributed by atoms with E-state index < -0.39 is 16.1 Å². The number of sulfonamides is 1. The Morgan fingerprint density at radius 2 is 2.06 bits per heavy atom. The lowest BCUT2D eigenvalue weighted by molar-refractivity contribution is 0.101. The molecule has 2 N–H and O–H groups in total. The summed E-state index contributed by atoms with van der Waals surface area (Å²) in [6.07, 6.45) is 2.77. The third kappa shape index (κ3) is 3.07. The number of nitrogens with one attached hydrogen (secondary N) is 1. The Labute approximate surface area is 106 Å². The molecule has 1 aliphatic rings. The Morgan fingerprint density at radius 1 is 1.35 bits per heavy atom. The minimum absolute atomic E-state index is 0.327. The smallest absolute Gasteiger partial charge is 0.250 e. The van der Waals surface area contributed by atoms with Gasteiger partial charge >= 0.3 is 0 Å². The fourth-order valence-corrected chi connectivity index (χ4v) is 4.67. The third-order valence-corrected chi connectivity index (χ3v) is 6.00. The first-order chi connectivity index (χ1) is 7.99. The molecule has 1 heterocycles. The van der Waals surface area contributed by atoms with Crippen LogP contribution in [0.4, 0.5) is 0 Å². The van der Waals surface area contributed by atoms with Gasteiger partial charge in [0.1, 0.15) is 4.21 Å². The van der Waals surface area contributed by atoms with Gasteiger partial charge in [0.25, 0.3) is 0 Å². The monoisotopic (exact) mass is 275 g/mol. The Bertz CT molecular complexity index is 481. The second kappa shape index (κ2) is 5.06. The number of rotatable bonds is 3. The zero-order valence-corrected chi connectivity index (χ0v) is 11.4. The Kier molecular flexibility index (Phi) is 3.87. The van der Waals surface area contributed by atoms with E-state index in [2.05, 4.69) is 4.72 Å². The van der Waals surface area contributed by atoms with Crippen molar-refractivity contribution in [1.82, 2.24) is 4.72 Å². The highest BCUT2D eigenvalue weighted by Crippen LogP contribution is 2.24. The van der Waals surface area contributed by atoms with Crippen LogP contribution in [0.3, 0.4) is 0 Å². The van der Waals surface area contributed by atoms with E-state index in [9.17, 15) is 13.5 Å². The fraction of sp³-hybridized carbons (Fsp3) is 0.636.